The van der Waals surface area contributed by atoms with Crippen molar-refractivity contribution in [2.24, 2.45) is 0 Å². The van der Waals surface area contributed by atoms with Crippen molar-refractivity contribution >= 4 is 11.8 Å². The monoisotopic (exact) mass is 382 g/mol. The van der Waals surface area contributed by atoms with Crippen LogP contribution in [0.15, 0.2) is 48.5 Å². The summed E-state index contributed by atoms with van der Waals surface area (Å²) < 4.78 is 53.5. The second-order valence-electron chi connectivity index (χ2n) is 5.92. The van der Waals surface area contributed by atoms with Gasteiger partial charge in [-0.3, -0.25) is 9.59 Å². The molecule has 0 fully saturated rings. The maximum Gasteiger partial charge on any atom is 0.417 e. The minimum absolute atomic E-state index is 0.163. The SMILES string of the molecule is CNC(=O)C(NC(=O)c1ccccc1C(F)(F)F)C(C)c1ccccc1F. The molecule has 27 heavy (non-hydrogen) atoms. The Hall–Kier alpha value is -2.90. The van der Waals surface area contributed by atoms with Gasteiger partial charge in [-0.15, -0.1) is 0 Å². The molecule has 0 bridgehead atoms. The minimum atomic E-state index is -4.73. The van der Waals surface area contributed by atoms with Gasteiger partial charge >= 0.3 is 6.18 Å². The van der Waals surface area contributed by atoms with Gasteiger partial charge in [-0.2, -0.15) is 13.2 Å². The van der Waals surface area contributed by atoms with E-state index in [1.54, 1.807) is 6.07 Å². The van der Waals surface area contributed by atoms with Gasteiger partial charge in [0.1, 0.15) is 11.9 Å². The Bertz CT molecular complexity index is 836. The van der Waals surface area contributed by atoms with Crippen LogP contribution < -0.4 is 10.6 Å². The van der Waals surface area contributed by atoms with E-state index in [-0.39, 0.29) is 5.56 Å². The molecule has 2 rings (SSSR count). The molecule has 0 aliphatic rings. The van der Waals surface area contributed by atoms with Gasteiger partial charge in [0, 0.05) is 13.0 Å². The first-order valence-electron chi connectivity index (χ1n) is 8.10. The fourth-order valence-electron chi connectivity index (χ4n) is 2.74. The summed E-state index contributed by atoms with van der Waals surface area (Å²) in [6, 6.07) is 8.68. The quantitative estimate of drug-likeness (QED) is 0.778. The number of halogens is 4. The number of rotatable bonds is 5. The fraction of sp³-hybridized carbons (Fsp3) is 0.263. The molecule has 4 nitrogen and oxygen atoms in total. The molecule has 2 atom stereocenters. The number of likely N-dealkylation sites (N-methyl/N-ethyl adjacent to an activating group) is 1. The van der Waals surface area contributed by atoms with Crippen LogP contribution in [0, 0.1) is 5.82 Å². The van der Waals surface area contributed by atoms with Crippen molar-refractivity contribution in [2.45, 2.75) is 25.1 Å². The molecule has 0 saturated heterocycles. The van der Waals surface area contributed by atoms with E-state index in [0.29, 0.717) is 0 Å². The topological polar surface area (TPSA) is 58.2 Å². The molecule has 2 amide bonds. The number of carbonyl (C=O) groups excluding carboxylic acids is 2. The standard InChI is InChI=1S/C19H18F4N2O2/c1-11(12-7-4-6-10-15(12)20)16(18(27)24-2)25-17(26)13-8-3-5-9-14(13)19(21,22)23/h3-11,16H,1-2H3,(H,24,27)(H,25,26). The van der Waals surface area contributed by atoms with Crippen LogP contribution in [0.4, 0.5) is 17.6 Å². The average Bonchev–Trinajstić information content (AvgIpc) is 2.64. The first-order chi connectivity index (χ1) is 12.7. The summed E-state index contributed by atoms with van der Waals surface area (Å²) in [6.45, 7) is 1.51. The Balaban J connectivity index is 2.37. The van der Waals surface area contributed by atoms with E-state index in [0.717, 1.165) is 18.2 Å². The summed E-state index contributed by atoms with van der Waals surface area (Å²) in [7, 11) is 1.32. The summed E-state index contributed by atoms with van der Waals surface area (Å²) in [6.07, 6.45) is -4.73. The number of nitrogens with one attached hydrogen (secondary N) is 2. The zero-order chi connectivity index (χ0) is 20.2. The van der Waals surface area contributed by atoms with E-state index >= 15 is 0 Å². The lowest BCUT2D eigenvalue weighted by atomic mass is 9.91. The highest BCUT2D eigenvalue weighted by atomic mass is 19.4. The number of amides is 2. The second-order valence-corrected chi connectivity index (χ2v) is 5.92. The molecule has 2 N–H and O–H groups in total. The third-order valence-electron chi connectivity index (χ3n) is 4.19. The third kappa shape index (κ3) is 4.64. The fourth-order valence-corrected chi connectivity index (χ4v) is 2.74. The summed E-state index contributed by atoms with van der Waals surface area (Å²) in [5.74, 6) is -3.11. The lowest BCUT2D eigenvalue weighted by Gasteiger charge is -2.25. The number of hydrogen-bond donors (Lipinski definition) is 2. The Labute approximate surface area is 153 Å². The minimum Gasteiger partial charge on any atom is -0.357 e. The molecule has 0 spiro atoms. The van der Waals surface area contributed by atoms with Crippen molar-refractivity contribution in [3.05, 3.63) is 71.0 Å². The molecule has 0 aliphatic carbocycles. The molecule has 144 valence electrons. The normalized spacial score (nSPS) is 13.6. The number of hydrogen-bond acceptors (Lipinski definition) is 2. The maximum absolute atomic E-state index is 14.1. The smallest absolute Gasteiger partial charge is 0.357 e. The van der Waals surface area contributed by atoms with Gasteiger partial charge in [-0.1, -0.05) is 37.3 Å². The zero-order valence-corrected chi connectivity index (χ0v) is 14.6. The largest absolute Gasteiger partial charge is 0.417 e. The molecule has 0 aliphatic heterocycles. The van der Waals surface area contributed by atoms with Crippen molar-refractivity contribution in [3.8, 4) is 0 Å². The molecular formula is C19H18F4N2O2. The van der Waals surface area contributed by atoms with Crippen molar-refractivity contribution < 1.29 is 27.2 Å². The van der Waals surface area contributed by atoms with Crippen LogP contribution in [-0.2, 0) is 11.0 Å². The lowest BCUT2D eigenvalue weighted by molar-refractivity contribution is -0.137. The van der Waals surface area contributed by atoms with Gasteiger partial charge < -0.3 is 10.6 Å². The van der Waals surface area contributed by atoms with Crippen molar-refractivity contribution in [3.63, 3.8) is 0 Å². The van der Waals surface area contributed by atoms with E-state index in [1.807, 2.05) is 0 Å². The highest BCUT2D eigenvalue weighted by Gasteiger charge is 2.36. The Morgan fingerprint density at radius 1 is 1.00 bits per heavy atom. The van der Waals surface area contributed by atoms with Crippen LogP contribution in [0.3, 0.4) is 0 Å². The number of alkyl halides is 3. The first-order valence-corrected chi connectivity index (χ1v) is 8.10. The molecule has 0 saturated carbocycles. The Morgan fingerprint density at radius 2 is 1.59 bits per heavy atom. The predicted octanol–water partition coefficient (Wildman–Crippen LogP) is 3.49. The average molecular weight is 382 g/mol. The first kappa shape index (κ1) is 20.4. The van der Waals surface area contributed by atoms with E-state index < -0.39 is 46.9 Å². The summed E-state index contributed by atoms with van der Waals surface area (Å²) in [5.41, 5.74) is -1.56. The predicted molar refractivity (Wildman–Crippen MR) is 91.6 cm³/mol. The van der Waals surface area contributed by atoms with Crippen LogP contribution >= 0.6 is 0 Å². The van der Waals surface area contributed by atoms with Gasteiger partial charge in [0.05, 0.1) is 11.1 Å². The summed E-state index contributed by atoms with van der Waals surface area (Å²) >= 11 is 0. The summed E-state index contributed by atoms with van der Waals surface area (Å²) in [5, 5.41) is 4.64. The molecular weight excluding hydrogens is 364 g/mol. The highest BCUT2D eigenvalue weighted by molar-refractivity contribution is 5.99. The molecule has 2 unspecified atom stereocenters. The Kier molecular flexibility index (Phi) is 6.20. The summed E-state index contributed by atoms with van der Waals surface area (Å²) in [4.78, 5) is 24.7. The highest BCUT2D eigenvalue weighted by Crippen LogP contribution is 2.32. The lowest BCUT2D eigenvalue weighted by Crippen LogP contribution is -2.49. The van der Waals surface area contributed by atoms with E-state index in [4.69, 9.17) is 0 Å². The van der Waals surface area contributed by atoms with Crippen LogP contribution in [0.2, 0.25) is 0 Å². The zero-order valence-electron chi connectivity index (χ0n) is 14.6. The second kappa shape index (κ2) is 8.20. The molecule has 0 aromatic heterocycles. The van der Waals surface area contributed by atoms with Crippen molar-refractivity contribution in [1.29, 1.82) is 0 Å². The van der Waals surface area contributed by atoms with Gasteiger partial charge in [0.25, 0.3) is 5.91 Å². The van der Waals surface area contributed by atoms with Crippen molar-refractivity contribution in [2.75, 3.05) is 7.05 Å². The van der Waals surface area contributed by atoms with E-state index in [2.05, 4.69) is 10.6 Å². The maximum atomic E-state index is 14.1. The van der Waals surface area contributed by atoms with Crippen LogP contribution in [-0.4, -0.2) is 24.9 Å². The van der Waals surface area contributed by atoms with E-state index in [1.165, 1.54) is 38.2 Å². The Morgan fingerprint density at radius 3 is 2.19 bits per heavy atom. The molecule has 2 aromatic rings. The third-order valence-corrected chi connectivity index (χ3v) is 4.19. The van der Waals surface area contributed by atoms with Crippen LogP contribution in [0.25, 0.3) is 0 Å². The van der Waals surface area contributed by atoms with Gasteiger partial charge in [-0.25, -0.2) is 4.39 Å². The molecule has 2 aromatic carbocycles. The number of carbonyl (C=O) groups is 2. The molecule has 0 heterocycles. The van der Waals surface area contributed by atoms with Crippen LogP contribution in [0.5, 0.6) is 0 Å². The van der Waals surface area contributed by atoms with Gasteiger partial charge in [0.2, 0.25) is 5.91 Å². The van der Waals surface area contributed by atoms with Crippen LogP contribution in [0.1, 0.15) is 34.3 Å². The molecule has 0 radical (unpaired) electrons. The molecule has 8 heteroatoms. The van der Waals surface area contributed by atoms with Gasteiger partial charge in [-0.05, 0) is 23.8 Å². The number of benzene rings is 2. The van der Waals surface area contributed by atoms with Crippen molar-refractivity contribution in [1.82, 2.24) is 10.6 Å². The van der Waals surface area contributed by atoms with Gasteiger partial charge in [0.15, 0.2) is 0 Å². The van der Waals surface area contributed by atoms with E-state index in [9.17, 15) is 27.2 Å².